The van der Waals surface area contributed by atoms with Crippen molar-refractivity contribution in [3.8, 4) is 0 Å². The third-order valence-corrected chi connectivity index (χ3v) is 5.87. The minimum absolute atomic E-state index is 0. The molecule has 3 rings (SSSR count). The number of rotatable bonds is 6. The topological polar surface area (TPSA) is 69.3 Å². The molecule has 0 spiro atoms. The van der Waals surface area contributed by atoms with Gasteiger partial charge in [0.2, 0.25) is 11.8 Å². The minimum atomic E-state index is 0. The number of carbonyl (C=O) groups is 2. The van der Waals surface area contributed by atoms with Gasteiger partial charge in [-0.25, -0.2) is 0 Å². The van der Waals surface area contributed by atoms with Crippen molar-refractivity contribution in [2.75, 3.05) is 19.6 Å². The molecular weight excluding hydrogens is 340 g/mol. The molecule has 6 nitrogen and oxygen atoms in total. The molecule has 2 heterocycles. The Labute approximate surface area is 163 Å². The molecule has 1 aromatic rings. The largest absolute Gasteiger partial charge is 0.340 e. The molecule has 2 fully saturated rings. The number of amides is 2. The van der Waals surface area contributed by atoms with Crippen molar-refractivity contribution in [1.82, 2.24) is 20.0 Å². The second kappa shape index (κ2) is 8.89. The maximum Gasteiger partial charge on any atom is 0.224 e. The predicted molar refractivity (Wildman–Crippen MR) is 107 cm³/mol. The van der Waals surface area contributed by atoms with E-state index >= 15 is 0 Å². The normalized spacial score (nSPS) is 20.6. The van der Waals surface area contributed by atoms with Crippen molar-refractivity contribution in [3.05, 3.63) is 17.0 Å². The van der Waals surface area contributed by atoms with Gasteiger partial charge in [-0.05, 0) is 50.5 Å². The standard InChI is InChI=1S/C20H32N4O2.CH4/c1-13(2)18-12-23(10-9-20(26)24(18)11-16-5-6-16)19(25)8-7-17-14(3)21-22-15(17)4;/h13,16,18H,5-12H2,1-4H3,(H,21,22);1H4. The highest BCUT2D eigenvalue weighted by molar-refractivity contribution is 5.81. The molecule has 2 aliphatic rings. The molecule has 1 aromatic heterocycles. The van der Waals surface area contributed by atoms with Gasteiger partial charge < -0.3 is 9.80 Å². The van der Waals surface area contributed by atoms with E-state index in [1.807, 2.05) is 18.7 Å². The molecule has 27 heavy (non-hydrogen) atoms. The summed E-state index contributed by atoms with van der Waals surface area (Å²) in [7, 11) is 0. The zero-order valence-corrected chi connectivity index (χ0v) is 16.5. The van der Waals surface area contributed by atoms with Crippen LogP contribution in [0.25, 0.3) is 0 Å². The fourth-order valence-corrected chi connectivity index (χ4v) is 3.92. The van der Waals surface area contributed by atoms with E-state index in [4.69, 9.17) is 0 Å². The van der Waals surface area contributed by atoms with E-state index in [0.29, 0.717) is 44.2 Å². The Kier molecular flexibility index (Phi) is 7.06. The highest BCUT2D eigenvalue weighted by Gasteiger charge is 2.36. The summed E-state index contributed by atoms with van der Waals surface area (Å²) in [4.78, 5) is 29.5. The Morgan fingerprint density at radius 3 is 2.56 bits per heavy atom. The third-order valence-electron chi connectivity index (χ3n) is 5.87. The van der Waals surface area contributed by atoms with Gasteiger partial charge in [-0.2, -0.15) is 5.10 Å². The Hall–Kier alpha value is -1.85. The van der Waals surface area contributed by atoms with Gasteiger partial charge >= 0.3 is 0 Å². The van der Waals surface area contributed by atoms with Gasteiger partial charge in [0.05, 0.1) is 11.7 Å². The number of hydrogen-bond acceptors (Lipinski definition) is 3. The fourth-order valence-electron chi connectivity index (χ4n) is 3.92. The number of nitrogens with one attached hydrogen (secondary N) is 1. The number of H-pyrrole nitrogens is 1. The lowest BCUT2D eigenvalue weighted by Crippen LogP contribution is -2.48. The summed E-state index contributed by atoms with van der Waals surface area (Å²) in [6.07, 6.45) is 4.10. The van der Waals surface area contributed by atoms with E-state index in [-0.39, 0.29) is 25.3 Å². The SMILES string of the molecule is C.Cc1n[nH]c(C)c1CCC(=O)N1CCC(=O)N(CC2CC2)C(C(C)C)C1. The van der Waals surface area contributed by atoms with Crippen LogP contribution in [0.5, 0.6) is 0 Å². The average Bonchev–Trinajstić information content (AvgIpc) is 3.37. The van der Waals surface area contributed by atoms with Gasteiger partial charge in [0, 0.05) is 38.2 Å². The molecule has 1 saturated heterocycles. The summed E-state index contributed by atoms with van der Waals surface area (Å²) in [5.41, 5.74) is 3.15. The molecule has 1 aliphatic heterocycles. The first-order chi connectivity index (χ1) is 12.4. The minimum Gasteiger partial charge on any atom is -0.340 e. The van der Waals surface area contributed by atoms with Gasteiger partial charge in [-0.1, -0.05) is 21.3 Å². The number of aromatic nitrogens is 2. The number of aromatic amines is 1. The molecule has 0 bridgehead atoms. The molecule has 1 N–H and O–H groups in total. The highest BCUT2D eigenvalue weighted by atomic mass is 16.2. The zero-order valence-electron chi connectivity index (χ0n) is 16.5. The smallest absolute Gasteiger partial charge is 0.224 e. The first kappa shape index (κ1) is 21.5. The lowest BCUT2D eigenvalue weighted by molar-refractivity contribution is -0.134. The molecule has 6 heteroatoms. The van der Waals surface area contributed by atoms with Crippen molar-refractivity contribution in [2.24, 2.45) is 11.8 Å². The molecule has 1 atom stereocenters. The van der Waals surface area contributed by atoms with Gasteiger partial charge in [-0.3, -0.25) is 14.7 Å². The average molecular weight is 377 g/mol. The van der Waals surface area contributed by atoms with Crippen LogP contribution in [0.4, 0.5) is 0 Å². The Balaban J connectivity index is 0.00000261. The van der Waals surface area contributed by atoms with Crippen LogP contribution in [0.1, 0.15) is 63.9 Å². The number of nitrogens with zero attached hydrogens (tertiary/aromatic N) is 3. The second-order valence-corrected chi connectivity index (χ2v) is 8.30. The summed E-state index contributed by atoms with van der Waals surface area (Å²) in [6.45, 7) is 10.4. The molecule has 152 valence electrons. The van der Waals surface area contributed by atoms with Crippen LogP contribution in [-0.4, -0.2) is 57.5 Å². The maximum absolute atomic E-state index is 12.9. The molecular formula is C21H36N4O2. The van der Waals surface area contributed by atoms with E-state index in [0.717, 1.165) is 23.5 Å². The summed E-state index contributed by atoms with van der Waals surface area (Å²) >= 11 is 0. The number of carbonyl (C=O) groups excluding carboxylic acids is 2. The fraction of sp³-hybridized carbons (Fsp3) is 0.762. The maximum atomic E-state index is 12.9. The summed E-state index contributed by atoms with van der Waals surface area (Å²) in [6, 6.07) is 0.131. The van der Waals surface area contributed by atoms with Crippen molar-refractivity contribution >= 4 is 11.8 Å². The second-order valence-electron chi connectivity index (χ2n) is 8.30. The van der Waals surface area contributed by atoms with E-state index in [9.17, 15) is 9.59 Å². The number of aryl methyl sites for hydroxylation is 2. The molecule has 1 saturated carbocycles. The van der Waals surface area contributed by atoms with Gasteiger partial charge in [-0.15, -0.1) is 0 Å². The van der Waals surface area contributed by atoms with Crippen LogP contribution in [0.2, 0.25) is 0 Å². The van der Waals surface area contributed by atoms with Crippen LogP contribution >= 0.6 is 0 Å². The van der Waals surface area contributed by atoms with Crippen LogP contribution in [0, 0.1) is 25.7 Å². The van der Waals surface area contributed by atoms with Crippen molar-refractivity contribution in [1.29, 1.82) is 0 Å². The van der Waals surface area contributed by atoms with Gasteiger partial charge in [0.25, 0.3) is 0 Å². The first-order valence-corrected chi connectivity index (χ1v) is 9.94. The monoisotopic (exact) mass is 376 g/mol. The van der Waals surface area contributed by atoms with Crippen molar-refractivity contribution in [2.45, 2.75) is 73.3 Å². The van der Waals surface area contributed by atoms with Crippen LogP contribution < -0.4 is 0 Å². The Morgan fingerprint density at radius 2 is 2.00 bits per heavy atom. The zero-order chi connectivity index (χ0) is 18.8. The lowest BCUT2D eigenvalue weighted by atomic mass is 10.0. The quantitative estimate of drug-likeness (QED) is 0.829. The van der Waals surface area contributed by atoms with E-state index in [2.05, 4.69) is 28.9 Å². The van der Waals surface area contributed by atoms with Gasteiger partial charge in [0.1, 0.15) is 0 Å². The van der Waals surface area contributed by atoms with E-state index < -0.39 is 0 Å². The van der Waals surface area contributed by atoms with Crippen LogP contribution in [0.3, 0.4) is 0 Å². The molecule has 0 radical (unpaired) electrons. The Morgan fingerprint density at radius 1 is 1.30 bits per heavy atom. The molecule has 1 unspecified atom stereocenters. The summed E-state index contributed by atoms with van der Waals surface area (Å²) in [5.74, 6) is 1.39. The highest BCUT2D eigenvalue weighted by Crippen LogP contribution is 2.32. The summed E-state index contributed by atoms with van der Waals surface area (Å²) in [5, 5.41) is 7.19. The molecule has 1 aliphatic carbocycles. The Bertz CT molecular complexity index is 644. The van der Waals surface area contributed by atoms with Crippen molar-refractivity contribution < 1.29 is 9.59 Å². The van der Waals surface area contributed by atoms with Crippen molar-refractivity contribution in [3.63, 3.8) is 0 Å². The van der Waals surface area contributed by atoms with Crippen LogP contribution in [-0.2, 0) is 16.0 Å². The van der Waals surface area contributed by atoms with Crippen LogP contribution in [0.15, 0.2) is 0 Å². The van der Waals surface area contributed by atoms with E-state index in [1.54, 1.807) is 0 Å². The lowest BCUT2D eigenvalue weighted by Gasteiger charge is -2.34. The molecule has 0 aromatic carbocycles. The third kappa shape index (κ3) is 5.11. The molecule has 2 amide bonds. The van der Waals surface area contributed by atoms with E-state index in [1.165, 1.54) is 12.8 Å². The first-order valence-electron chi connectivity index (χ1n) is 9.94. The predicted octanol–water partition coefficient (Wildman–Crippen LogP) is 3.09. The summed E-state index contributed by atoms with van der Waals surface area (Å²) < 4.78 is 0. The van der Waals surface area contributed by atoms with Gasteiger partial charge in [0.15, 0.2) is 0 Å². The number of hydrogen-bond donors (Lipinski definition) is 1.